The van der Waals surface area contributed by atoms with E-state index in [4.69, 9.17) is 9.57 Å². The average molecular weight is 463 g/mol. The molecule has 0 atom stereocenters. The number of halogens is 3. The lowest BCUT2D eigenvalue weighted by atomic mass is 10.0. The number of hydrogen-bond acceptors (Lipinski definition) is 6. The van der Waals surface area contributed by atoms with E-state index < -0.39 is 18.6 Å². The molecule has 0 saturated heterocycles. The monoisotopic (exact) mass is 463 g/mol. The van der Waals surface area contributed by atoms with Crippen LogP contribution >= 0.6 is 0 Å². The van der Waals surface area contributed by atoms with Crippen LogP contribution in [0.4, 0.5) is 18.9 Å². The molecule has 0 saturated carbocycles. The van der Waals surface area contributed by atoms with Crippen LogP contribution in [-0.4, -0.2) is 45.5 Å². The van der Waals surface area contributed by atoms with Crippen molar-refractivity contribution in [3.05, 3.63) is 53.7 Å². The minimum atomic E-state index is -4.44. The highest BCUT2D eigenvalue weighted by Gasteiger charge is 2.30. The van der Waals surface area contributed by atoms with E-state index in [9.17, 15) is 18.0 Å². The molecular formula is C22H24F3N5O3. The number of amides is 1. The Balaban J connectivity index is 1.96. The van der Waals surface area contributed by atoms with Crippen LogP contribution in [0.25, 0.3) is 11.3 Å². The molecule has 3 rings (SSSR count). The van der Waals surface area contributed by atoms with E-state index in [1.807, 2.05) is 19.9 Å². The zero-order valence-electron chi connectivity index (χ0n) is 18.7. The lowest BCUT2D eigenvalue weighted by molar-refractivity contribution is -0.142. The van der Waals surface area contributed by atoms with Crippen LogP contribution in [0.15, 0.2) is 36.9 Å². The van der Waals surface area contributed by atoms with Crippen molar-refractivity contribution in [2.45, 2.75) is 39.9 Å². The molecule has 0 aliphatic carbocycles. The van der Waals surface area contributed by atoms with E-state index in [2.05, 4.69) is 15.1 Å². The minimum Gasteiger partial charge on any atom is -0.492 e. The predicted molar refractivity (Wildman–Crippen MR) is 115 cm³/mol. The molecular weight excluding hydrogens is 439 g/mol. The van der Waals surface area contributed by atoms with Gasteiger partial charge in [-0.2, -0.15) is 23.3 Å². The van der Waals surface area contributed by atoms with Gasteiger partial charge in [-0.3, -0.25) is 24.3 Å². The van der Waals surface area contributed by atoms with Crippen LogP contribution < -0.4 is 9.80 Å². The molecule has 176 valence electrons. The number of ether oxygens (including phenoxy) is 1. The molecule has 3 aromatic rings. The van der Waals surface area contributed by atoms with Crippen molar-refractivity contribution in [2.24, 2.45) is 0 Å². The topological polar surface area (TPSA) is 82.4 Å². The van der Waals surface area contributed by atoms with Crippen molar-refractivity contribution in [1.29, 1.82) is 0 Å². The molecule has 0 bridgehead atoms. The molecule has 8 nitrogen and oxygen atoms in total. The van der Waals surface area contributed by atoms with Gasteiger partial charge in [-0.25, -0.2) is 0 Å². The van der Waals surface area contributed by atoms with E-state index in [-0.39, 0.29) is 5.69 Å². The Labute approximate surface area is 188 Å². The van der Waals surface area contributed by atoms with Crippen LogP contribution in [0.5, 0.6) is 5.75 Å². The second-order valence-electron chi connectivity index (χ2n) is 7.14. The van der Waals surface area contributed by atoms with Gasteiger partial charge in [0, 0.05) is 11.8 Å². The first kappa shape index (κ1) is 24.2. The molecule has 0 fully saturated rings. The van der Waals surface area contributed by atoms with Crippen LogP contribution in [-0.2, 0) is 17.8 Å². The standard InChI is InChI=1S/C22H24F3N5O3/c1-5-18-20(14(3)7-19(28-18)15-8-17(33-6-2)11-26-9-15)21(31)30(32-4)16-10-27-29(12-16)13-22(23,24)25/h7-12H,5-6,13H2,1-4H3. The maximum absolute atomic E-state index is 13.3. The normalized spacial score (nSPS) is 11.5. The Hall–Kier alpha value is -3.47. The highest BCUT2D eigenvalue weighted by molar-refractivity contribution is 6.06. The number of carbonyl (C=O) groups is 1. The van der Waals surface area contributed by atoms with Crippen molar-refractivity contribution >= 4 is 11.6 Å². The molecule has 33 heavy (non-hydrogen) atoms. The molecule has 0 aliphatic rings. The van der Waals surface area contributed by atoms with Gasteiger partial charge in [-0.05, 0) is 38.0 Å². The number of anilines is 1. The zero-order chi connectivity index (χ0) is 24.2. The summed E-state index contributed by atoms with van der Waals surface area (Å²) in [5, 5.41) is 4.58. The fourth-order valence-electron chi connectivity index (χ4n) is 3.37. The van der Waals surface area contributed by atoms with Gasteiger partial charge in [0.1, 0.15) is 18.0 Å². The quantitative estimate of drug-likeness (QED) is 0.461. The van der Waals surface area contributed by atoms with E-state index in [1.165, 1.54) is 7.11 Å². The van der Waals surface area contributed by atoms with Crippen LogP contribution in [0, 0.1) is 6.92 Å². The van der Waals surface area contributed by atoms with Crippen LogP contribution in [0.2, 0.25) is 0 Å². The third-order valence-corrected chi connectivity index (χ3v) is 4.72. The molecule has 0 N–H and O–H groups in total. The molecule has 0 unspecified atom stereocenters. The second-order valence-corrected chi connectivity index (χ2v) is 7.14. The number of nitrogens with zero attached hydrogens (tertiary/aromatic N) is 5. The molecule has 0 radical (unpaired) electrons. The van der Waals surface area contributed by atoms with Crippen molar-refractivity contribution < 1.29 is 27.5 Å². The molecule has 0 aromatic carbocycles. The van der Waals surface area contributed by atoms with Gasteiger partial charge in [-0.15, -0.1) is 0 Å². The first-order valence-corrected chi connectivity index (χ1v) is 10.2. The highest BCUT2D eigenvalue weighted by Crippen LogP contribution is 2.27. The predicted octanol–water partition coefficient (Wildman–Crippen LogP) is 4.38. The molecule has 3 heterocycles. The van der Waals surface area contributed by atoms with Gasteiger partial charge in [-0.1, -0.05) is 6.92 Å². The number of aromatic nitrogens is 4. The molecule has 0 aliphatic heterocycles. The third kappa shape index (κ3) is 5.67. The molecule has 3 aromatic heterocycles. The first-order chi connectivity index (χ1) is 15.7. The number of carbonyl (C=O) groups excluding carboxylic acids is 1. The Morgan fingerprint density at radius 3 is 2.58 bits per heavy atom. The molecule has 0 spiro atoms. The van der Waals surface area contributed by atoms with Crippen LogP contribution in [0.3, 0.4) is 0 Å². The number of hydrogen-bond donors (Lipinski definition) is 0. The summed E-state index contributed by atoms with van der Waals surface area (Å²) in [6.07, 6.45) is 1.50. The number of aryl methyl sites for hydroxylation is 2. The second kappa shape index (κ2) is 9.99. The summed E-state index contributed by atoms with van der Waals surface area (Å²) in [6, 6.07) is 3.57. The largest absolute Gasteiger partial charge is 0.492 e. The van der Waals surface area contributed by atoms with Gasteiger partial charge in [0.25, 0.3) is 5.91 Å². The number of hydroxylamine groups is 1. The first-order valence-electron chi connectivity index (χ1n) is 10.2. The summed E-state index contributed by atoms with van der Waals surface area (Å²) in [7, 11) is 1.26. The smallest absolute Gasteiger partial charge is 0.408 e. The summed E-state index contributed by atoms with van der Waals surface area (Å²) >= 11 is 0. The van der Waals surface area contributed by atoms with Crippen LogP contribution in [0.1, 0.15) is 35.5 Å². The van der Waals surface area contributed by atoms with Crippen molar-refractivity contribution in [3.63, 3.8) is 0 Å². The Morgan fingerprint density at radius 1 is 1.18 bits per heavy atom. The lowest BCUT2D eigenvalue weighted by Gasteiger charge is -2.21. The van der Waals surface area contributed by atoms with Gasteiger partial charge in [0.15, 0.2) is 0 Å². The Morgan fingerprint density at radius 2 is 1.94 bits per heavy atom. The molecule has 11 heteroatoms. The Kier molecular flexibility index (Phi) is 7.32. The highest BCUT2D eigenvalue weighted by atomic mass is 19.4. The van der Waals surface area contributed by atoms with Gasteiger partial charge in [0.05, 0.1) is 49.3 Å². The SMILES string of the molecule is CCOc1cncc(-c2cc(C)c(C(=O)N(OC)c3cnn(CC(F)(F)F)c3)c(CC)n2)c1. The average Bonchev–Trinajstić information content (AvgIpc) is 3.20. The van der Waals surface area contributed by atoms with E-state index in [0.717, 1.165) is 23.0 Å². The van der Waals surface area contributed by atoms with E-state index in [1.54, 1.807) is 25.4 Å². The maximum atomic E-state index is 13.3. The number of alkyl halides is 3. The summed E-state index contributed by atoms with van der Waals surface area (Å²) in [6.45, 7) is 4.72. The van der Waals surface area contributed by atoms with Crippen molar-refractivity contribution in [1.82, 2.24) is 19.7 Å². The van der Waals surface area contributed by atoms with E-state index >= 15 is 0 Å². The zero-order valence-corrected chi connectivity index (χ0v) is 18.7. The van der Waals surface area contributed by atoms with Gasteiger partial charge in [0.2, 0.25) is 0 Å². The Bertz CT molecular complexity index is 1130. The fourth-order valence-corrected chi connectivity index (χ4v) is 3.37. The van der Waals surface area contributed by atoms with Crippen molar-refractivity contribution in [3.8, 4) is 17.0 Å². The fraction of sp³-hybridized carbons (Fsp3) is 0.364. The van der Waals surface area contributed by atoms with Gasteiger partial charge < -0.3 is 4.74 Å². The summed E-state index contributed by atoms with van der Waals surface area (Å²) in [4.78, 5) is 27.4. The summed E-state index contributed by atoms with van der Waals surface area (Å²) in [5.74, 6) is 0.0488. The third-order valence-electron chi connectivity index (χ3n) is 4.72. The summed E-state index contributed by atoms with van der Waals surface area (Å²) in [5.41, 5.74) is 2.88. The lowest BCUT2D eigenvalue weighted by Crippen LogP contribution is -2.31. The summed E-state index contributed by atoms with van der Waals surface area (Å²) < 4.78 is 44.2. The number of rotatable bonds is 8. The van der Waals surface area contributed by atoms with E-state index in [0.29, 0.717) is 46.0 Å². The van der Waals surface area contributed by atoms with Crippen molar-refractivity contribution in [2.75, 3.05) is 18.8 Å². The maximum Gasteiger partial charge on any atom is 0.408 e. The van der Waals surface area contributed by atoms with Gasteiger partial charge >= 0.3 is 6.18 Å². The molecule has 1 amide bonds. The minimum absolute atomic E-state index is 0.0749. The number of pyridine rings is 2.